The van der Waals surface area contributed by atoms with Crippen LogP contribution in [0.4, 0.5) is 8.78 Å². The number of hydrogen-bond donors (Lipinski definition) is 2. The fraction of sp³-hybridized carbons (Fsp3) is 0.353. The maximum absolute atomic E-state index is 12.3. The number of carboxylic acids is 1. The van der Waals surface area contributed by atoms with Gasteiger partial charge < -0.3 is 10.4 Å². The molecule has 0 saturated carbocycles. The monoisotopic (exact) mass is 368 g/mol. The van der Waals surface area contributed by atoms with Gasteiger partial charge in [-0.05, 0) is 12.0 Å². The number of hydrogen-bond acceptors (Lipinski definition) is 4. The number of carbonyl (C=O) groups is 2. The molecule has 2 rings (SSSR count). The maximum Gasteiger partial charge on any atom is 0.326 e. The van der Waals surface area contributed by atoms with Crippen molar-refractivity contribution in [3.05, 3.63) is 40.9 Å². The normalized spacial score (nSPS) is 12.2. The predicted octanol–water partition coefficient (Wildman–Crippen LogP) is 3.14. The average Bonchev–Trinajstić information content (AvgIpc) is 3.02. The number of aliphatic carboxylic acids is 1. The summed E-state index contributed by atoms with van der Waals surface area (Å²) < 4.78 is 24.7. The maximum atomic E-state index is 12.3. The summed E-state index contributed by atoms with van der Waals surface area (Å²) in [5.41, 5.74) is 2.60. The summed E-state index contributed by atoms with van der Waals surface area (Å²) in [4.78, 5) is 27.1. The second-order valence-electron chi connectivity index (χ2n) is 5.46. The number of carbonyl (C=O) groups excluding carboxylic acids is 1. The summed E-state index contributed by atoms with van der Waals surface area (Å²) in [5.74, 6) is -2.13. The van der Waals surface area contributed by atoms with Crippen LogP contribution in [0.2, 0.25) is 0 Å². The smallest absolute Gasteiger partial charge is 0.326 e. The lowest BCUT2D eigenvalue weighted by molar-refractivity contribution is -0.142. The van der Waals surface area contributed by atoms with Crippen LogP contribution in [0, 0.1) is 0 Å². The van der Waals surface area contributed by atoms with E-state index in [-0.39, 0.29) is 6.42 Å². The van der Waals surface area contributed by atoms with Crippen molar-refractivity contribution in [2.45, 2.75) is 38.7 Å². The number of halogens is 2. The van der Waals surface area contributed by atoms with E-state index in [1.165, 1.54) is 16.9 Å². The molecule has 0 aliphatic heterocycles. The molecule has 1 unspecified atom stereocenters. The third-order valence-electron chi connectivity index (χ3n) is 3.55. The highest BCUT2D eigenvalue weighted by molar-refractivity contribution is 7.13. The van der Waals surface area contributed by atoms with Gasteiger partial charge in [-0.3, -0.25) is 4.79 Å². The Kier molecular flexibility index (Phi) is 6.58. The molecular weight excluding hydrogens is 350 g/mol. The van der Waals surface area contributed by atoms with Crippen molar-refractivity contribution < 1.29 is 23.5 Å². The molecule has 134 valence electrons. The number of alkyl halides is 2. The van der Waals surface area contributed by atoms with E-state index in [1.54, 1.807) is 5.38 Å². The first-order valence-corrected chi connectivity index (χ1v) is 8.61. The summed E-state index contributed by atoms with van der Waals surface area (Å²) >= 11 is 1.37. The number of rotatable bonds is 8. The Morgan fingerprint density at radius 3 is 2.52 bits per heavy atom. The largest absolute Gasteiger partial charge is 0.480 e. The molecule has 0 radical (unpaired) electrons. The lowest BCUT2D eigenvalue weighted by Crippen LogP contribution is -2.42. The van der Waals surface area contributed by atoms with Gasteiger partial charge in [0.1, 0.15) is 11.0 Å². The average molecular weight is 368 g/mol. The van der Waals surface area contributed by atoms with Crippen LogP contribution in [-0.4, -0.2) is 34.4 Å². The van der Waals surface area contributed by atoms with Crippen molar-refractivity contribution >= 4 is 23.2 Å². The zero-order valence-electron chi connectivity index (χ0n) is 13.5. The molecule has 1 aromatic carbocycles. The van der Waals surface area contributed by atoms with E-state index in [1.807, 2.05) is 24.3 Å². The van der Waals surface area contributed by atoms with E-state index in [0.29, 0.717) is 5.69 Å². The number of amides is 1. The SMILES string of the molecule is CCc1ccc(-c2nc(CC(=O)NC(CC(F)F)C(=O)O)cs2)cc1. The third-order valence-corrected chi connectivity index (χ3v) is 4.49. The van der Waals surface area contributed by atoms with Gasteiger partial charge in [0.15, 0.2) is 0 Å². The molecule has 8 heteroatoms. The Hall–Kier alpha value is -2.35. The van der Waals surface area contributed by atoms with Crippen LogP contribution in [-0.2, 0) is 22.4 Å². The molecule has 1 heterocycles. The van der Waals surface area contributed by atoms with E-state index >= 15 is 0 Å². The van der Waals surface area contributed by atoms with E-state index in [0.717, 1.165) is 17.0 Å². The van der Waals surface area contributed by atoms with E-state index in [4.69, 9.17) is 5.11 Å². The van der Waals surface area contributed by atoms with Crippen molar-refractivity contribution in [3.63, 3.8) is 0 Å². The van der Waals surface area contributed by atoms with E-state index in [2.05, 4.69) is 17.2 Å². The number of nitrogens with zero attached hydrogens (tertiary/aromatic N) is 1. The van der Waals surface area contributed by atoms with Gasteiger partial charge in [-0.2, -0.15) is 0 Å². The second kappa shape index (κ2) is 8.66. The molecule has 0 aliphatic rings. The Labute approximate surface area is 147 Å². The van der Waals surface area contributed by atoms with Crippen LogP contribution in [0.5, 0.6) is 0 Å². The van der Waals surface area contributed by atoms with Crippen molar-refractivity contribution in [1.82, 2.24) is 10.3 Å². The number of aromatic nitrogens is 1. The highest BCUT2D eigenvalue weighted by Crippen LogP contribution is 2.24. The van der Waals surface area contributed by atoms with Gasteiger partial charge >= 0.3 is 5.97 Å². The van der Waals surface area contributed by atoms with E-state index < -0.39 is 30.8 Å². The highest BCUT2D eigenvalue weighted by Gasteiger charge is 2.24. The Morgan fingerprint density at radius 1 is 1.28 bits per heavy atom. The lowest BCUT2D eigenvalue weighted by Gasteiger charge is -2.13. The van der Waals surface area contributed by atoms with Crippen molar-refractivity contribution in [1.29, 1.82) is 0 Å². The number of nitrogens with one attached hydrogen (secondary N) is 1. The first kappa shape index (κ1) is 19.0. The van der Waals surface area contributed by atoms with Gasteiger partial charge in [-0.15, -0.1) is 11.3 Å². The Morgan fingerprint density at radius 2 is 1.96 bits per heavy atom. The highest BCUT2D eigenvalue weighted by atomic mass is 32.1. The van der Waals surface area contributed by atoms with Crippen molar-refractivity contribution in [2.24, 2.45) is 0 Å². The number of aryl methyl sites for hydroxylation is 1. The molecule has 0 bridgehead atoms. The van der Waals surface area contributed by atoms with Gasteiger partial charge in [-0.1, -0.05) is 31.2 Å². The molecule has 1 amide bonds. The lowest BCUT2D eigenvalue weighted by atomic mass is 10.1. The minimum atomic E-state index is -2.81. The zero-order valence-corrected chi connectivity index (χ0v) is 14.4. The van der Waals surface area contributed by atoms with Gasteiger partial charge in [0.05, 0.1) is 12.1 Å². The van der Waals surface area contributed by atoms with Gasteiger partial charge in [0, 0.05) is 17.4 Å². The molecule has 25 heavy (non-hydrogen) atoms. The van der Waals surface area contributed by atoms with Crippen LogP contribution in [0.15, 0.2) is 29.6 Å². The van der Waals surface area contributed by atoms with Gasteiger partial charge in [0.25, 0.3) is 0 Å². The number of benzene rings is 1. The summed E-state index contributed by atoms with van der Waals surface area (Å²) in [6.45, 7) is 2.06. The second-order valence-corrected chi connectivity index (χ2v) is 6.31. The van der Waals surface area contributed by atoms with Crippen molar-refractivity contribution in [2.75, 3.05) is 0 Å². The third kappa shape index (κ3) is 5.60. The zero-order chi connectivity index (χ0) is 18.4. The molecule has 0 aliphatic carbocycles. The quantitative estimate of drug-likeness (QED) is 0.750. The van der Waals surface area contributed by atoms with Crippen LogP contribution < -0.4 is 5.32 Å². The standard InChI is InChI=1S/C17H18F2N2O3S/c1-2-10-3-5-11(6-4-10)16-20-12(9-25-16)7-15(22)21-13(17(23)24)8-14(18)19/h3-6,9,13-14H,2,7-8H2,1H3,(H,21,22)(H,23,24). The van der Waals surface area contributed by atoms with Gasteiger partial charge in [0.2, 0.25) is 12.3 Å². The topological polar surface area (TPSA) is 79.3 Å². The molecule has 0 spiro atoms. The molecule has 2 N–H and O–H groups in total. The fourth-order valence-corrected chi connectivity index (χ4v) is 3.04. The van der Waals surface area contributed by atoms with Gasteiger partial charge in [-0.25, -0.2) is 18.6 Å². The number of carboxylic acid groups (broad SMARTS) is 1. The minimum absolute atomic E-state index is 0.156. The molecule has 1 atom stereocenters. The number of thiazole rings is 1. The Bertz CT molecular complexity index is 732. The van der Waals surface area contributed by atoms with E-state index in [9.17, 15) is 18.4 Å². The summed E-state index contributed by atoms with van der Waals surface area (Å²) in [5, 5.41) is 13.4. The molecule has 0 fully saturated rings. The van der Waals surface area contributed by atoms with Crippen molar-refractivity contribution in [3.8, 4) is 10.6 Å². The predicted molar refractivity (Wildman–Crippen MR) is 90.8 cm³/mol. The summed E-state index contributed by atoms with van der Waals surface area (Å²) in [7, 11) is 0. The van der Waals surface area contributed by atoms with Crippen LogP contribution in [0.3, 0.4) is 0 Å². The van der Waals surface area contributed by atoms with Crippen LogP contribution in [0.1, 0.15) is 24.6 Å². The molecule has 5 nitrogen and oxygen atoms in total. The van der Waals surface area contributed by atoms with Crippen LogP contribution >= 0.6 is 11.3 Å². The minimum Gasteiger partial charge on any atom is -0.480 e. The molecule has 0 saturated heterocycles. The van der Waals surface area contributed by atoms with Crippen LogP contribution in [0.25, 0.3) is 10.6 Å². The first-order valence-electron chi connectivity index (χ1n) is 7.73. The summed E-state index contributed by atoms with van der Waals surface area (Å²) in [6, 6.07) is 6.30. The first-order chi connectivity index (χ1) is 11.9. The fourth-order valence-electron chi connectivity index (χ4n) is 2.21. The Balaban J connectivity index is 1.99. The molecular formula is C17H18F2N2O3S. The molecule has 1 aromatic heterocycles. The summed E-state index contributed by atoms with van der Waals surface area (Å²) in [6.07, 6.45) is -2.95. The molecule has 2 aromatic rings.